The van der Waals surface area contributed by atoms with Gasteiger partial charge in [0.1, 0.15) is 23.9 Å². The first kappa shape index (κ1) is 20.1. The van der Waals surface area contributed by atoms with E-state index in [9.17, 15) is 9.18 Å². The van der Waals surface area contributed by atoms with Crippen LogP contribution in [0.5, 0.6) is 11.5 Å². The van der Waals surface area contributed by atoms with Gasteiger partial charge in [-0.15, -0.1) is 0 Å². The Morgan fingerprint density at radius 1 is 1.03 bits per heavy atom. The fourth-order valence-corrected chi connectivity index (χ4v) is 2.56. The third-order valence-electron chi connectivity index (χ3n) is 4.14. The molecule has 148 valence electrons. The van der Waals surface area contributed by atoms with Gasteiger partial charge in [0.25, 0.3) is 0 Å². The molecule has 0 bridgehead atoms. The minimum Gasteiger partial charge on any atom is -0.496 e. The van der Waals surface area contributed by atoms with Gasteiger partial charge in [0.15, 0.2) is 0 Å². The highest BCUT2D eigenvalue weighted by Gasteiger charge is 2.07. The molecule has 0 aromatic heterocycles. The maximum atomic E-state index is 13.0. The van der Waals surface area contributed by atoms with E-state index in [4.69, 9.17) is 14.3 Å². The summed E-state index contributed by atoms with van der Waals surface area (Å²) in [5.41, 5.74) is 2.96. The second-order valence-corrected chi connectivity index (χ2v) is 6.29. The summed E-state index contributed by atoms with van der Waals surface area (Å²) in [6.07, 6.45) is 1.44. The Kier molecular flexibility index (Phi) is 6.58. The number of carbonyl (C=O) groups is 1. The minimum absolute atomic E-state index is 0.222. The Bertz CT molecular complexity index is 998. The fourth-order valence-electron chi connectivity index (χ4n) is 2.56. The van der Waals surface area contributed by atoms with Gasteiger partial charge >= 0.3 is 5.97 Å². The summed E-state index contributed by atoms with van der Waals surface area (Å²) in [7, 11) is 1.56. The zero-order chi connectivity index (χ0) is 20.6. The van der Waals surface area contributed by atoms with Gasteiger partial charge in [-0.25, -0.2) is 9.18 Å². The third-order valence-corrected chi connectivity index (χ3v) is 4.14. The Balaban J connectivity index is 1.65. The van der Waals surface area contributed by atoms with Crippen LogP contribution in [0.1, 0.15) is 27.0 Å². The van der Waals surface area contributed by atoms with Crippen molar-refractivity contribution in [2.24, 2.45) is 5.16 Å². The van der Waals surface area contributed by atoms with Crippen molar-refractivity contribution in [2.45, 2.75) is 13.5 Å². The number of halogens is 1. The molecule has 0 N–H and O–H groups in total. The van der Waals surface area contributed by atoms with Crippen molar-refractivity contribution in [2.75, 3.05) is 7.11 Å². The number of benzene rings is 3. The standard InChI is InChI=1S/C23H20FNO4/c1-16-3-6-18(7-4-16)23(26)29-25-14-17-5-12-22(27-2)19(13-17)15-28-21-10-8-20(24)9-11-21/h3-14H,15H2,1-2H3. The van der Waals surface area contributed by atoms with Gasteiger partial charge in [-0.3, -0.25) is 0 Å². The molecular weight excluding hydrogens is 373 g/mol. The van der Waals surface area contributed by atoms with Crippen LogP contribution in [0.4, 0.5) is 4.39 Å². The molecule has 0 radical (unpaired) electrons. The molecule has 3 aromatic carbocycles. The summed E-state index contributed by atoms with van der Waals surface area (Å²) in [5, 5.41) is 3.77. The number of hydrogen-bond donors (Lipinski definition) is 0. The minimum atomic E-state index is -0.533. The average molecular weight is 393 g/mol. The molecule has 29 heavy (non-hydrogen) atoms. The molecule has 0 spiro atoms. The molecule has 0 unspecified atom stereocenters. The number of aryl methyl sites for hydroxylation is 1. The molecule has 5 nitrogen and oxygen atoms in total. The number of oxime groups is 1. The highest BCUT2D eigenvalue weighted by Crippen LogP contribution is 2.22. The lowest BCUT2D eigenvalue weighted by Gasteiger charge is -2.11. The zero-order valence-electron chi connectivity index (χ0n) is 16.1. The lowest BCUT2D eigenvalue weighted by molar-refractivity contribution is 0.0519. The second kappa shape index (κ2) is 9.50. The quantitative estimate of drug-likeness (QED) is 0.325. The van der Waals surface area contributed by atoms with E-state index in [2.05, 4.69) is 5.16 Å². The van der Waals surface area contributed by atoms with Crippen LogP contribution in [0.15, 0.2) is 71.9 Å². The number of nitrogens with zero attached hydrogens (tertiary/aromatic N) is 1. The lowest BCUT2D eigenvalue weighted by atomic mass is 10.1. The predicted octanol–water partition coefficient (Wildman–Crippen LogP) is 4.91. The van der Waals surface area contributed by atoms with Crippen LogP contribution in [0.3, 0.4) is 0 Å². The molecule has 0 aliphatic heterocycles. The maximum absolute atomic E-state index is 13.0. The molecule has 0 atom stereocenters. The van der Waals surface area contributed by atoms with Gasteiger partial charge in [0.05, 0.1) is 18.9 Å². The van der Waals surface area contributed by atoms with E-state index in [1.165, 1.54) is 18.3 Å². The highest BCUT2D eigenvalue weighted by atomic mass is 19.1. The van der Waals surface area contributed by atoms with Crippen LogP contribution in [0.2, 0.25) is 0 Å². The Labute approximate surface area is 168 Å². The molecule has 6 heteroatoms. The van der Waals surface area contributed by atoms with Gasteiger partial charge in [-0.2, -0.15) is 0 Å². The van der Waals surface area contributed by atoms with Crippen LogP contribution in [-0.4, -0.2) is 19.3 Å². The fraction of sp³-hybridized carbons (Fsp3) is 0.130. The van der Waals surface area contributed by atoms with E-state index in [0.717, 1.165) is 11.1 Å². The van der Waals surface area contributed by atoms with Crippen molar-refractivity contribution >= 4 is 12.2 Å². The summed E-state index contributed by atoms with van der Waals surface area (Å²) in [5.74, 6) is 0.323. The van der Waals surface area contributed by atoms with Crippen LogP contribution < -0.4 is 9.47 Å². The second-order valence-electron chi connectivity index (χ2n) is 6.29. The number of methoxy groups -OCH3 is 1. The van der Waals surface area contributed by atoms with Crippen LogP contribution in [0, 0.1) is 12.7 Å². The van der Waals surface area contributed by atoms with Gasteiger partial charge in [-0.1, -0.05) is 22.9 Å². The first-order valence-electron chi connectivity index (χ1n) is 8.92. The van der Waals surface area contributed by atoms with E-state index in [0.29, 0.717) is 22.6 Å². The maximum Gasteiger partial charge on any atom is 0.365 e. The molecular formula is C23H20FNO4. The van der Waals surface area contributed by atoms with Crippen molar-refractivity contribution < 1.29 is 23.5 Å². The van der Waals surface area contributed by atoms with E-state index in [1.807, 2.05) is 25.1 Å². The van der Waals surface area contributed by atoms with Crippen LogP contribution in [-0.2, 0) is 11.4 Å². The molecule has 0 aliphatic carbocycles. The third kappa shape index (κ3) is 5.65. The summed E-state index contributed by atoms with van der Waals surface area (Å²) < 4.78 is 24.0. The molecule has 3 aromatic rings. The van der Waals surface area contributed by atoms with Gasteiger partial charge in [-0.05, 0) is 67.1 Å². The van der Waals surface area contributed by atoms with Crippen molar-refractivity contribution in [1.29, 1.82) is 0 Å². The van der Waals surface area contributed by atoms with E-state index < -0.39 is 5.97 Å². The smallest absolute Gasteiger partial charge is 0.365 e. The van der Waals surface area contributed by atoms with Crippen LogP contribution in [0.25, 0.3) is 0 Å². The van der Waals surface area contributed by atoms with Crippen molar-refractivity contribution in [3.8, 4) is 11.5 Å². The van der Waals surface area contributed by atoms with Gasteiger partial charge in [0.2, 0.25) is 0 Å². The van der Waals surface area contributed by atoms with Crippen LogP contribution >= 0.6 is 0 Å². The summed E-state index contributed by atoms with van der Waals surface area (Å²) in [4.78, 5) is 16.9. The molecule has 0 heterocycles. The van der Waals surface area contributed by atoms with Crippen molar-refractivity contribution in [3.05, 3.63) is 94.8 Å². The summed E-state index contributed by atoms with van der Waals surface area (Å²) in [6.45, 7) is 2.16. The normalized spacial score (nSPS) is 10.7. The largest absolute Gasteiger partial charge is 0.496 e. The van der Waals surface area contributed by atoms with E-state index >= 15 is 0 Å². The number of hydrogen-bond acceptors (Lipinski definition) is 5. The van der Waals surface area contributed by atoms with Crippen molar-refractivity contribution in [1.82, 2.24) is 0 Å². The molecule has 0 amide bonds. The van der Waals surface area contributed by atoms with Gasteiger partial charge in [0, 0.05) is 5.56 Å². The summed E-state index contributed by atoms with van der Waals surface area (Å²) in [6, 6.07) is 18.2. The Hall–Kier alpha value is -3.67. The molecule has 0 saturated carbocycles. The number of rotatable bonds is 7. The number of ether oxygens (including phenoxy) is 2. The SMILES string of the molecule is COc1ccc(C=NOC(=O)c2ccc(C)cc2)cc1COc1ccc(F)cc1. The zero-order valence-corrected chi connectivity index (χ0v) is 16.1. The topological polar surface area (TPSA) is 57.1 Å². The van der Waals surface area contributed by atoms with Gasteiger partial charge < -0.3 is 14.3 Å². The lowest BCUT2D eigenvalue weighted by Crippen LogP contribution is -2.02. The van der Waals surface area contributed by atoms with E-state index in [-0.39, 0.29) is 12.4 Å². The Morgan fingerprint density at radius 2 is 1.76 bits per heavy atom. The molecule has 0 fully saturated rings. The molecule has 0 aliphatic rings. The number of carbonyl (C=O) groups excluding carboxylic acids is 1. The molecule has 0 saturated heterocycles. The first-order valence-corrected chi connectivity index (χ1v) is 8.92. The monoisotopic (exact) mass is 393 g/mol. The first-order chi connectivity index (χ1) is 14.0. The van der Waals surface area contributed by atoms with Crippen molar-refractivity contribution in [3.63, 3.8) is 0 Å². The highest BCUT2D eigenvalue weighted by molar-refractivity contribution is 5.90. The summed E-state index contributed by atoms with van der Waals surface area (Å²) >= 11 is 0. The Morgan fingerprint density at radius 3 is 2.45 bits per heavy atom. The molecule has 3 rings (SSSR count). The van der Waals surface area contributed by atoms with E-state index in [1.54, 1.807) is 43.5 Å². The average Bonchev–Trinajstić information content (AvgIpc) is 2.74. The predicted molar refractivity (Wildman–Crippen MR) is 108 cm³/mol.